The van der Waals surface area contributed by atoms with Gasteiger partial charge >= 0.3 is 6.18 Å². The zero-order valence-corrected chi connectivity index (χ0v) is 11.6. The largest absolute Gasteiger partial charge is 0.417 e. The molecule has 0 aliphatic rings. The number of thioether (sulfide) groups is 1. The third-order valence-electron chi connectivity index (χ3n) is 2.06. The van der Waals surface area contributed by atoms with E-state index in [2.05, 4.69) is 4.98 Å². The lowest BCUT2D eigenvalue weighted by atomic mass is 10.3. The van der Waals surface area contributed by atoms with Gasteiger partial charge < -0.3 is 9.84 Å². The van der Waals surface area contributed by atoms with Crippen molar-refractivity contribution in [1.29, 1.82) is 0 Å². The molecular formula is C11H13ClF3NO2S. The van der Waals surface area contributed by atoms with Crippen LogP contribution in [-0.2, 0) is 10.9 Å². The second kappa shape index (κ2) is 7.33. The fourth-order valence-corrected chi connectivity index (χ4v) is 2.26. The molecule has 0 saturated heterocycles. The maximum atomic E-state index is 12.4. The minimum atomic E-state index is -4.46. The molecule has 0 aromatic carbocycles. The Balaban J connectivity index is 2.60. The van der Waals surface area contributed by atoms with Gasteiger partial charge in [-0.1, -0.05) is 11.6 Å². The van der Waals surface area contributed by atoms with E-state index in [-0.39, 0.29) is 22.4 Å². The maximum absolute atomic E-state index is 12.4. The average Bonchev–Trinajstić information content (AvgIpc) is 2.33. The van der Waals surface area contributed by atoms with Gasteiger partial charge in [0.2, 0.25) is 0 Å². The second-order valence-electron chi connectivity index (χ2n) is 3.63. The highest BCUT2D eigenvalue weighted by molar-refractivity contribution is 7.99. The molecule has 1 heterocycles. The Hall–Kier alpha value is -0.500. The van der Waals surface area contributed by atoms with Crippen LogP contribution in [0.2, 0.25) is 5.02 Å². The molecule has 1 rings (SSSR count). The Morgan fingerprint density at radius 1 is 1.53 bits per heavy atom. The summed E-state index contributed by atoms with van der Waals surface area (Å²) in [4.78, 5) is 3.66. The van der Waals surface area contributed by atoms with Gasteiger partial charge in [-0.2, -0.15) is 13.2 Å². The summed E-state index contributed by atoms with van der Waals surface area (Å²) in [5.41, 5.74) is -0.892. The number of aliphatic hydroxyl groups excluding tert-OH is 1. The molecule has 0 fully saturated rings. The highest BCUT2D eigenvalue weighted by atomic mass is 35.5. The molecule has 1 atom stereocenters. The third-order valence-corrected chi connectivity index (χ3v) is 3.61. The first-order chi connectivity index (χ1) is 8.84. The van der Waals surface area contributed by atoms with Gasteiger partial charge in [0.05, 0.1) is 23.3 Å². The monoisotopic (exact) mass is 315 g/mol. The van der Waals surface area contributed by atoms with Gasteiger partial charge in [-0.15, -0.1) is 11.8 Å². The summed E-state index contributed by atoms with van der Waals surface area (Å²) < 4.78 is 42.2. The number of pyridine rings is 1. The molecule has 0 radical (unpaired) electrons. The van der Waals surface area contributed by atoms with Crippen LogP contribution in [0.4, 0.5) is 13.2 Å². The second-order valence-corrected chi connectivity index (χ2v) is 5.05. The van der Waals surface area contributed by atoms with Crippen molar-refractivity contribution in [2.45, 2.75) is 24.2 Å². The van der Waals surface area contributed by atoms with Crippen molar-refractivity contribution in [3.05, 3.63) is 22.8 Å². The van der Waals surface area contributed by atoms with Crippen molar-refractivity contribution in [3.63, 3.8) is 0 Å². The van der Waals surface area contributed by atoms with Crippen LogP contribution in [0.25, 0.3) is 0 Å². The molecular weight excluding hydrogens is 303 g/mol. The van der Waals surface area contributed by atoms with E-state index in [4.69, 9.17) is 16.3 Å². The summed E-state index contributed by atoms with van der Waals surface area (Å²) in [5.74, 6) is 0.248. The number of aliphatic hydroxyl groups is 1. The molecule has 3 nitrogen and oxygen atoms in total. The van der Waals surface area contributed by atoms with E-state index in [0.717, 1.165) is 24.0 Å². The van der Waals surface area contributed by atoms with Gasteiger partial charge in [0.1, 0.15) is 5.03 Å². The Morgan fingerprint density at radius 3 is 2.74 bits per heavy atom. The lowest BCUT2D eigenvalue weighted by Gasteiger charge is -2.11. The molecule has 0 bridgehead atoms. The maximum Gasteiger partial charge on any atom is 0.417 e. The molecule has 0 amide bonds. The van der Waals surface area contributed by atoms with Crippen molar-refractivity contribution >= 4 is 23.4 Å². The topological polar surface area (TPSA) is 42.4 Å². The molecule has 0 saturated carbocycles. The number of halogens is 4. The van der Waals surface area contributed by atoms with Crippen LogP contribution in [0.15, 0.2) is 17.3 Å². The van der Waals surface area contributed by atoms with Gasteiger partial charge in [-0.05, 0) is 13.0 Å². The summed E-state index contributed by atoms with van der Waals surface area (Å²) in [5, 5.41) is 9.69. The lowest BCUT2D eigenvalue weighted by Crippen LogP contribution is -2.18. The molecule has 1 aromatic heterocycles. The van der Waals surface area contributed by atoms with Crippen molar-refractivity contribution in [3.8, 4) is 0 Å². The molecule has 1 N–H and O–H groups in total. The van der Waals surface area contributed by atoms with Crippen LogP contribution in [0.1, 0.15) is 12.5 Å². The number of hydrogen-bond acceptors (Lipinski definition) is 4. The van der Waals surface area contributed by atoms with E-state index in [1.807, 2.05) is 0 Å². The molecule has 1 aromatic rings. The van der Waals surface area contributed by atoms with E-state index in [0.29, 0.717) is 6.61 Å². The molecule has 0 spiro atoms. The van der Waals surface area contributed by atoms with Crippen LogP contribution in [0.5, 0.6) is 0 Å². The fourth-order valence-electron chi connectivity index (χ4n) is 1.16. The van der Waals surface area contributed by atoms with E-state index in [1.54, 1.807) is 6.92 Å². The zero-order valence-electron chi connectivity index (χ0n) is 10.1. The smallest absolute Gasteiger partial charge is 0.390 e. The fraction of sp³-hybridized carbons (Fsp3) is 0.545. The number of hydrogen-bond donors (Lipinski definition) is 1. The summed E-state index contributed by atoms with van der Waals surface area (Å²) >= 11 is 6.81. The Bertz CT molecular complexity index is 417. The summed E-state index contributed by atoms with van der Waals surface area (Å²) in [7, 11) is 0. The first-order valence-corrected chi connectivity index (χ1v) is 6.82. The number of ether oxygens (including phenoxy) is 1. The first kappa shape index (κ1) is 16.6. The summed E-state index contributed by atoms with van der Waals surface area (Å²) in [6.45, 7) is 2.46. The predicted molar refractivity (Wildman–Crippen MR) is 67.5 cm³/mol. The number of alkyl halides is 3. The minimum absolute atomic E-state index is 0.0802. The quantitative estimate of drug-likeness (QED) is 0.818. The van der Waals surface area contributed by atoms with Crippen molar-refractivity contribution in [2.24, 2.45) is 0 Å². The Morgan fingerprint density at radius 2 is 2.21 bits per heavy atom. The van der Waals surface area contributed by atoms with E-state index in [1.165, 1.54) is 0 Å². The van der Waals surface area contributed by atoms with Crippen molar-refractivity contribution in [2.75, 3.05) is 19.0 Å². The van der Waals surface area contributed by atoms with E-state index < -0.39 is 17.8 Å². The van der Waals surface area contributed by atoms with Crippen LogP contribution in [-0.4, -0.2) is 35.2 Å². The lowest BCUT2D eigenvalue weighted by molar-refractivity contribution is -0.137. The number of rotatable bonds is 6. The van der Waals surface area contributed by atoms with Gasteiger partial charge in [-0.25, -0.2) is 4.98 Å². The average molecular weight is 316 g/mol. The SMILES string of the molecule is CCOCC(O)CSc1ncc(C(F)(F)F)cc1Cl. The summed E-state index contributed by atoms with van der Waals surface area (Å²) in [6, 6.07) is 0.825. The zero-order chi connectivity index (χ0) is 14.5. The Labute approximate surface area is 118 Å². The van der Waals surface area contributed by atoms with Crippen LogP contribution >= 0.6 is 23.4 Å². The predicted octanol–water partition coefficient (Wildman–Crippen LogP) is 3.24. The highest BCUT2D eigenvalue weighted by Crippen LogP contribution is 2.33. The van der Waals surface area contributed by atoms with Crippen LogP contribution in [0, 0.1) is 0 Å². The minimum Gasteiger partial charge on any atom is -0.390 e. The van der Waals surface area contributed by atoms with E-state index >= 15 is 0 Å². The first-order valence-electron chi connectivity index (χ1n) is 5.46. The van der Waals surface area contributed by atoms with E-state index in [9.17, 15) is 18.3 Å². The molecule has 0 aliphatic heterocycles. The third kappa shape index (κ3) is 5.56. The number of nitrogens with zero attached hydrogens (tertiary/aromatic N) is 1. The Kier molecular flexibility index (Phi) is 6.38. The van der Waals surface area contributed by atoms with Gasteiger partial charge in [0, 0.05) is 18.6 Å². The van der Waals surface area contributed by atoms with Crippen LogP contribution in [0.3, 0.4) is 0 Å². The molecule has 19 heavy (non-hydrogen) atoms. The number of aromatic nitrogens is 1. The summed E-state index contributed by atoms with van der Waals surface area (Å²) in [6.07, 6.45) is -4.46. The molecule has 8 heteroatoms. The van der Waals surface area contributed by atoms with Gasteiger partial charge in [-0.3, -0.25) is 0 Å². The molecule has 0 aliphatic carbocycles. The van der Waals surface area contributed by atoms with Gasteiger partial charge in [0.25, 0.3) is 0 Å². The standard InChI is InChI=1S/C11H13ClF3NO2S/c1-2-18-5-8(17)6-19-10-9(12)3-7(4-16-10)11(13,14)15/h3-4,8,17H,2,5-6H2,1H3. The van der Waals surface area contributed by atoms with Gasteiger partial charge in [0.15, 0.2) is 0 Å². The van der Waals surface area contributed by atoms with Crippen LogP contribution < -0.4 is 0 Å². The normalized spacial score (nSPS) is 13.6. The highest BCUT2D eigenvalue weighted by Gasteiger charge is 2.31. The van der Waals surface area contributed by atoms with Crippen molar-refractivity contribution < 1.29 is 23.0 Å². The van der Waals surface area contributed by atoms with Crippen molar-refractivity contribution in [1.82, 2.24) is 4.98 Å². The molecule has 1 unspecified atom stereocenters. The molecule has 108 valence electrons.